The van der Waals surface area contributed by atoms with Gasteiger partial charge >= 0.3 is 0 Å². The molecule has 1 aliphatic carbocycles. The van der Waals surface area contributed by atoms with Gasteiger partial charge in [0.25, 0.3) is 5.91 Å². The summed E-state index contributed by atoms with van der Waals surface area (Å²) < 4.78 is 4.93. The van der Waals surface area contributed by atoms with Gasteiger partial charge in [0.05, 0.1) is 0 Å². The molecule has 1 aromatic rings. The van der Waals surface area contributed by atoms with E-state index < -0.39 is 0 Å². The van der Waals surface area contributed by atoms with Crippen molar-refractivity contribution in [3.8, 4) is 0 Å². The van der Waals surface area contributed by atoms with Crippen molar-refractivity contribution in [2.45, 2.75) is 32.1 Å². The molecule has 2 rings (SSSR count). The van der Waals surface area contributed by atoms with Gasteiger partial charge in [-0.05, 0) is 43.5 Å². The maximum absolute atomic E-state index is 12.0. The van der Waals surface area contributed by atoms with Gasteiger partial charge < -0.3 is 15.4 Å². The maximum atomic E-state index is 12.0. The topological polar surface area (TPSA) is 67.4 Å². The third kappa shape index (κ3) is 4.84. The normalized spacial score (nSPS) is 14.8. The van der Waals surface area contributed by atoms with Crippen molar-refractivity contribution >= 4 is 17.5 Å². The summed E-state index contributed by atoms with van der Waals surface area (Å²) >= 11 is 0. The van der Waals surface area contributed by atoms with Crippen LogP contribution in [0.4, 0.5) is 5.69 Å². The zero-order valence-electron chi connectivity index (χ0n) is 13.1. The number of ether oxygens (including phenoxy) is 1. The summed E-state index contributed by atoms with van der Waals surface area (Å²) in [5, 5.41) is 5.76. The highest BCUT2D eigenvalue weighted by atomic mass is 16.5. The number of carbonyl (C=O) groups excluding carboxylic acids is 2. The quantitative estimate of drug-likeness (QED) is 0.761. The number of hydrogen-bond acceptors (Lipinski definition) is 3. The van der Waals surface area contributed by atoms with Crippen LogP contribution in [0.2, 0.25) is 0 Å². The number of methoxy groups -OCH3 is 1. The van der Waals surface area contributed by atoms with Crippen molar-refractivity contribution in [3.05, 3.63) is 29.8 Å². The summed E-state index contributed by atoms with van der Waals surface area (Å²) in [6.07, 6.45) is 5.03. The number of amides is 2. The number of carbonyl (C=O) groups is 2. The molecule has 1 fully saturated rings. The molecule has 0 atom stereocenters. The molecule has 5 heteroatoms. The van der Waals surface area contributed by atoms with Crippen LogP contribution in [0.5, 0.6) is 0 Å². The lowest BCUT2D eigenvalue weighted by molar-refractivity contribution is -0.119. The molecule has 22 heavy (non-hydrogen) atoms. The van der Waals surface area contributed by atoms with Crippen molar-refractivity contribution in [2.75, 3.05) is 25.6 Å². The minimum absolute atomic E-state index is 0.0919. The second kappa shape index (κ2) is 8.54. The average Bonchev–Trinajstić information content (AvgIpc) is 3.06. The van der Waals surface area contributed by atoms with Gasteiger partial charge in [0, 0.05) is 37.4 Å². The number of anilines is 1. The van der Waals surface area contributed by atoms with Crippen molar-refractivity contribution in [2.24, 2.45) is 5.92 Å². The minimum Gasteiger partial charge on any atom is -0.385 e. The number of benzene rings is 1. The second-order valence-corrected chi connectivity index (χ2v) is 5.65. The Morgan fingerprint density at radius 2 is 1.86 bits per heavy atom. The molecule has 0 heterocycles. The van der Waals surface area contributed by atoms with Gasteiger partial charge in [0.1, 0.15) is 0 Å². The number of nitrogens with one attached hydrogen (secondary N) is 2. The molecule has 120 valence electrons. The van der Waals surface area contributed by atoms with E-state index in [0.29, 0.717) is 18.7 Å². The Morgan fingerprint density at radius 3 is 2.50 bits per heavy atom. The molecule has 1 aromatic carbocycles. The van der Waals surface area contributed by atoms with Crippen molar-refractivity contribution in [1.82, 2.24) is 5.32 Å². The van der Waals surface area contributed by atoms with Gasteiger partial charge in [-0.1, -0.05) is 12.8 Å². The molecule has 0 aromatic heterocycles. The summed E-state index contributed by atoms with van der Waals surface area (Å²) in [4.78, 5) is 23.9. The Balaban J connectivity index is 1.81. The van der Waals surface area contributed by atoms with Gasteiger partial charge in [-0.3, -0.25) is 9.59 Å². The molecule has 2 N–H and O–H groups in total. The lowest BCUT2D eigenvalue weighted by atomic mass is 10.1. The van der Waals surface area contributed by atoms with Crippen LogP contribution in [0.15, 0.2) is 24.3 Å². The van der Waals surface area contributed by atoms with Gasteiger partial charge in [-0.25, -0.2) is 0 Å². The van der Waals surface area contributed by atoms with E-state index in [0.717, 1.165) is 37.8 Å². The Morgan fingerprint density at radius 1 is 1.18 bits per heavy atom. The van der Waals surface area contributed by atoms with Crippen molar-refractivity contribution < 1.29 is 14.3 Å². The summed E-state index contributed by atoms with van der Waals surface area (Å²) in [6.45, 7) is 1.22. The largest absolute Gasteiger partial charge is 0.385 e. The van der Waals surface area contributed by atoms with E-state index in [9.17, 15) is 9.59 Å². The smallest absolute Gasteiger partial charge is 0.251 e. The zero-order chi connectivity index (χ0) is 15.8. The van der Waals surface area contributed by atoms with Gasteiger partial charge in [0.15, 0.2) is 0 Å². The SMILES string of the molecule is COCCCNC(=O)c1ccc(NC(=O)C2CCCC2)cc1. The molecule has 0 saturated heterocycles. The summed E-state index contributed by atoms with van der Waals surface area (Å²) in [6, 6.07) is 7.01. The zero-order valence-corrected chi connectivity index (χ0v) is 13.1. The molecule has 0 unspecified atom stereocenters. The monoisotopic (exact) mass is 304 g/mol. The summed E-state index contributed by atoms with van der Waals surface area (Å²) in [5.41, 5.74) is 1.34. The summed E-state index contributed by atoms with van der Waals surface area (Å²) in [7, 11) is 1.64. The Kier molecular flexibility index (Phi) is 6.40. The van der Waals surface area contributed by atoms with Gasteiger partial charge in [-0.15, -0.1) is 0 Å². The summed E-state index contributed by atoms with van der Waals surface area (Å²) in [5.74, 6) is 0.128. The highest BCUT2D eigenvalue weighted by Crippen LogP contribution is 2.26. The van der Waals surface area contributed by atoms with Crippen molar-refractivity contribution in [3.63, 3.8) is 0 Å². The van der Waals surface area contributed by atoms with E-state index in [1.54, 1.807) is 31.4 Å². The molecule has 5 nitrogen and oxygen atoms in total. The van der Waals surface area contributed by atoms with Crippen LogP contribution >= 0.6 is 0 Å². The molecule has 1 saturated carbocycles. The van der Waals surface area contributed by atoms with Crippen molar-refractivity contribution in [1.29, 1.82) is 0 Å². The van der Waals surface area contributed by atoms with E-state index in [-0.39, 0.29) is 17.7 Å². The van der Waals surface area contributed by atoms with Crippen LogP contribution in [0.1, 0.15) is 42.5 Å². The molecule has 0 aliphatic heterocycles. The van der Waals surface area contributed by atoms with Crippen LogP contribution in [-0.4, -0.2) is 32.1 Å². The Bertz CT molecular complexity index is 493. The van der Waals surface area contributed by atoms with Crippen LogP contribution < -0.4 is 10.6 Å². The lowest BCUT2D eigenvalue weighted by Crippen LogP contribution is -2.25. The average molecular weight is 304 g/mol. The first kappa shape index (κ1) is 16.5. The highest BCUT2D eigenvalue weighted by Gasteiger charge is 2.22. The maximum Gasteiger partial charge on any atom is 0.251 e. The number of rotatable bonds is 7. The molecular formula is C17H24N2O3. The van der Waals surface area contributed by atoms with E-state index in [1.807, 2.05) is 0 Å². The minimum atomic E-state index is -0.107. The van der Waals surface area contributed by atoms with E-state index in [2.05, 4.69) is 10.6 Å². The van der Waals surface area contributed by atoms with E-state index in [1.165, 1.54) is 0 Å². The molecular weight excluding hydrogens is 280 g/mol. The molecule has 2 amide bonds. The van der Waals surface area contributed by atoms with Gasteiger partial charge in [-0.2, -0.15) is 0 Å². The van der Waals surface area contributed by atoms with Crippen LogP contribution in [0.3, 0.4) is 0 Å². The number of hydrogen-bond donors (Lipinski definition) is 2. The fourth-order valence-corrected chi connectivity index (χ4v) is 2.66. The third-order valence-corrected chi connectivity index (χ3v) is 3.95. The first-order valence-electron chi connectivity index (χ1n) is 7.89. The fourth-order valence-electron chi connectivity index (χ4n) is 2.66. The van der Waals surface area contributed by atoms with Crippen LogP contribution in [-0.2, 0) is 9.53 Å². The second-order valence-electron chi connectivity index (χ2n) is 5.65. The van der Waals surface area contributed by atoms with Crippen LogP contribution in [0.25, 0.3) is 0 Å². The van der Waals surface area contributed by atoms with E-state index >= 15 is 0 Å². The first-order chi connectivity index (χ1) is 10.7. The lowest BCUT2D eigenvalue weighted by Gasteiger charge is -2.11. The predicted octanol–water partition coefficient (Wildman–Crippen LogP) is 2.58. The molecule has 1 aliphatic rings. The highest BCUT2D eigenvalue weighted by molar-refractivity contribution is 5.96. The predicted molar refractivity (Wildman–Crippen MR) is 85.9 cm³/mol. The fraction of sp³-hybridized carbons (Fsp3) is 0.529. The van der Waals surface area contributed by atoms with E-state index in [4.69, 9.17) is 4.74 Å². The molecule has 0 radical (unpaired) electrons. The molecule has 0 bridgehead atoms. The molecule has 0 spiro atoms. The standard InChI is InChI=1S/C17H24N2O3/c1-22-12-4-11-18-16(20)14-7-9-15(10-8-14)19-17(21)13-5-2-3-6-13/h7-10,13H,2-6,11-12H2,1H3,(H,18,20)(H,19,21). The van der Waals surface area contributed by atoms with Crippen LogP contribution in [0, 0.1) is 5.92 Å². The van der Waals surface area contributed by atoms with Gasteiger partial charge in [0.2, 0.25) is 5.91 Å². The Labute approximate surface area is 131 Å². The first-order valence-corrected chi connectivity index (χ1v) is 7.89. The Hall–Kier alpha value is -1.88. The third-order valence-electron chi connectivity index (χ3n) is 3.95.